The summed E-state index contributed by atoms with van der Waals surface area (Å²) < 4.78 is 4.68. The van der Waals surface area contributed by atoms with Gasteiger partial charge in [0, 0.05) is 5.56 Å². The Morgan fingerprint density at radius 2 is 1.95 bits per heavy atom. The molecule has 106 valence electrons. The molecule has 0 atom stereocenters. The number of carbonyl (C=O) groups excluding carboxylic acids is 2. The first-order valence-corrected chi connectivity index (χ1v) is 5.89. The van der Waals surface area contributed by atoms with Crippen molar-refractivity contribution >= 4 is 23.3 Å². The molecule has 2 N–H and O–H groups in total. The van der Waals surface area contributed by atoms with Crippen molar-refractivity contribution in [3.63, 3.8) is 0 Å². The van der Waals surface area contributed by atoms with Gasteiger partial charge in [0.2, 0.25) is 5.71 Å². The molecule has 0 saturated heterocycles. The normalized spacial score (nSPS) is 11.9. The van der Waals surface area contributed by atoms with Crippen LogP contribution < -0.4 is 5.43 Å². The van der Waals surface area contributed by atoms with E-state index in [4.69, 9.17) is 5.21 Å². The van der Waals surface area contributed by atoms with Gasteiger partial charge in [0.25, 0.3) is 5.91 Å². The number of oxime groups is 1. The summed E-state index contributed by atoms with van der Waals surface area (Å²) in [4.78, 5) is 23.1. The van der Waals surface area contributed by atoms with Gasteiger partial charge in [-0.3, -0.25) is 4.79 Å². The average Bonchev–Trinajstić information content (AvgIpc) is 2.46. The third kappa shape index (κ3) is 4.20. The van der Waals surface area contributed by atoms with Gasteiger partial charge in [-0.2, -0.15) is 5.10 Å². The number of nitrogens with zero attached hydrogens (tertiary/aromatic N) is 2. The number of hydrogen-bond acceptors (Lipinski definition) is 6. The summed E-state index contributed by atoms with van der Waals surface area (Å²) in [6.07, 6.45) is 0. The van der Waals surface area contributed by atoms with E-state index < -0.39 is 11.9 Å². The zero-order valence-corrected chi connectivity index (χ0v) is 11.2. The van der Waals surface area contributed by atoms with E-state index in [9.17, 15) is 9.59 Å². The number of rotatable bonds is 5. The molecule has 0 aliphatic carbocycles. The molecular weight excluding hydrogens is 262 g/mol. The minimum atomic E-state index is -0.815. The summed E-state index contributed by atoms with van der Waals surface area (Å²) in [6.45, 7) is 3.18. The molecule has 1 rings (SSSR count). The Bertz CT molecular complexity index is 538. The summed E-state index contributed by atoms with van der Waals surface area (Å²) in [5, 5.41) is 15.3. The second kappa shape index (κ2) is 7.67. The molecule has 0 aliphatic heterocycles. The highest BCUT2D eigenvalue weighted by molar-refractivity contribution is 6.65. The van der Waals surface area contributed by atoms with Crippen molar-refractivity contribution < 1.29 is 19.5 Å². The lowest BCUT2D eigenvalue weighted by atomic mass is 10.2. The molecular formula is C13H15N3O4. The van der Waals surface area contributed by atoms with Crippen LogP contribution in [0.1, 0.15) is 24.2 Å². The summed E-state index contributed by atoms with van der Waals surface area (Å²) in [5.74, 6) is -1.25. The zero-order valence-electron chi connectivity index (χ0n) is 11.2. The predicted octanol–water partition coefficient (Wildman–Crippen LogP) is 1.19. The minimum absolute atomic E-state index is 0.0373. The molecule has 0 heterocycles. The second-order valence-corrected chi connectivity index (χ2v) is 3.67. The molecule has 7 nitrogen and oxygen atoms in total. The van der Waals surface area contributed by atoms with Gasteiger partial charge in [-0.15, -0.1) is 0 Å². The quantitative estimate of drug-likeness (QED) is 0.365. The number of esters is 1. The Hall–Kier alpha value is -2.70. The van der Waals surface area contributed by atoms with Gasteiger partial charge in [0.1, 0.15) is 0 Å². The Kier molecular flexibility index (Phi) is 5.89. The van der Waals surface area contributed by atoms with E-state index in [1.54, 1.807) is 37.3 Å². The molecule has 0 fully saturated rings. The fourth-order valence-corrected chi connectivity index (χ4v) is 1.30. The molecule has 0 spiro atoms. The molecule has 1 aromatic rings. The average molecular weight is 277 g/mol. The Morgan fingerprint density at radius 1 is 1.30 bits per heavy atom. The Balaban J connectivity index is 2.74. The van der Waals surface area contributed by atoms with Gasteiger partial charge >= 0.3 is 5.97 Å². The number of ether oxygens (including phenoxy) is 1. The van der Waals surface area contributed by atoms with Crippen LogP contribution in [-0.2, 0) is 9.53 Å². The maximum absolute atomic E-state index is 11.7. The number of hydrazone groups is 1. The van der Waals surface area contributed by atoms with Gasteiger partial charge in [0.15, 0.2) is 0 Å². The Labute approximate surface area is 115 Å². The molecule has 0 saturated carbocycles. The second-order valence-electron chi connectivity index (χ2n) is 3.67. The van der Waals surface area contributed by atoms with Crippen molar-refractivity contribution in [2.24, 2.45) is 10.3 Å². The molecule has 0 unspecified atom stereocenters. The zero-order chi connectivity index (χ0) is 15.0. The van der Waals surface area contributed by atoms with Gasteiger partial charge in [0.05, 0.1) is 12.3 Å². The van der Waals surface area contributed by atoms with Gasteiger partial charge < -0.3 is 9.94 Å². The maximum atomic E-state index is 11.7. The van der Waals surface area contributed by atoms with Crippen LogP contribution in [0.5, 0.6) is 0 Å². The standard InChI is InChI=1S/C13H15N3O4/c1-3-20-13(18)11(16-19)9(2)14-15-12(17)10-7-5-4-6-8-10/h4-8,19H,3H2,1-2H3,(H,15,17)/b14-9+,16-11-. The predicted molar refractivity (Wildman–Crippen MR) is 72.9 cm³/mol. The maximum Gasteiger partial charge on any atom is 0.362 e. The first-order chi connectivity index (χ1) is 9.60. The third-order valence-electron chi connectivity index (χ3n) is 2.27. The number of carbonyl (C=O) groups is 2. The summed E-state index contributed by atoms with van der Waals surface area (Å²) >= 11 is 0. The molecule has 0 bridgehead atoms. The van der Waals surface area contributed by atoms with Crippen LogP contribution in [0.15, 0.2) is 40.6 Å². The van der Waals surface area contributed by atoms with E-state index in [0.717, 1.165) is 0 Å². The van der Waals surface area contributed by atoms with Crippen LogP contribution in [0.4, 0.5) is 0 Å². The van der Waals surface area contributed by atoms with Crippen LogP contribution in [0.25, 0.3) is 0 Å². The molecule has 0 aromatic heterocycles. The first-order valence-electron chi connectivity index (χ1n) is 5.89. The molecule has 7 heteroatoms. The lowest BCUT2D eigenvalue weighted by molar-refractivity contribution is -0.134. The van der Waals surface area contributed by atoms with Crippen LogP contribution >= 0.6 is 0 Å². The lowest BCUT2D eigenvalue weighted by Gasteiger charge is -2.04. The largest absolute Gasteiger partial charge is 0.461 e. The van der Waals surface area contributed by atoms with E-state index >= 15 is 0 Å². The van der Waals surface area contributed by atoms with E-state index in [0.29, 0.717) is 5.56 Å². The highest BCUT2D eigenvalue weighted by Crippen LogP contribution is 1.98. The highest BCUT2D eigenvalue weighted by Gasteiger charge is 2.17. The summed E-state index contributed by atoms with van der Waals surface area (Å²) in [5.41, 5.74) is 2.36. The fourth-order valence-electron chi connectivity index (χ4n) is 1.30. The van der Waals surface area contributed by atoms with E-state index in [2.05, 4.69) is 20.4 Å². The van der Waals surface area contributed by atoms with Gasteiger partial charge in [-0.25, -0.2) is 10.2 Å². The Morgan fingerprint density at radius 3 is 2.50 bits per heavy atom. The highest BCUT2D eigenvalue weighted by atomic mass is 16.5. The topological polar surface area (TPSA) is 100 Å². The third-order valence-corrected chi connectivity index (χ3v) is 2.27. The summed E-state index contributed by atoms with van der Waals surface area (Å²) in [7, 11) is 0. The smallest absolute Gasteiger partial charge is 0.362 e. The SMILES string of the molecule is CCOC(=O)C(=N\O)/C(C)=N/NC(=O)c1ccccc1. The molecule has 0 aliphatic rings. The van der Waals surface area contributed by atoms with E-state index in [1.165, 1.54) is 6.92 Å². The van der Waals surface area contributed by atoms with Crippen molar-refractivity contribution in [2.45, 2.75) is 13.8 Å². The number of nitrogens with one attached hydrogen (secondary N) is 1. The number of hydrogen-bond donors (Lipinski definition) is 2. The summed E-state index contributed by atoms with van der Waals surface area (Å²) in [6, 6.07) is 8.44. The number of amides is 1. The molecule has 20 heavy (non-hydrogen) atoms. The van der Waals surface area contributed by atoms with Crippen molar-refractivity contribution in [2.75, 3.05) is 6.61 Å². The van der Waals surface area contributed by atoms with Crippen molar-refractivity contribution in [1.82, 2.24) is 5.43 Å². The number of benzene rings is 1. The monoisotopic (exact) mass is 277 g/mol. The molecule has 1 amide bonds. The molecule has 1 aromatic carbocycles. The lowest BCUT2D eigenvalue weighted by Crippen LogP contribution is -2.28. The molecule has 0 radical (unpaired) electrons. The van der Waals surface area contributed by atoms with E-state index in [1.807, 2.05) is 0 Å². The van der Waals surface area contributed by atoms with E-state index in [-0.39, 0.29) is 18.0 Å². The van der Waals surface area contributed by atoms with Crippen LogP contribution in [0.2, 0.25) is 0 Å². The van der Waals surface area contributed by atoms with Crippen molar-refractivity contribution in [1.29, 1.82) is 0 Å². The fraction of sp³-hybridized carbons (Fsp3) is 0.231. The first kappa shape index (κ1) is 15.4. The van der Waals surface area contributed by atoms with Gasteiger partial charge in [-0.1, -0.05) is 23.4 Å². The van der Waals surface area contributed by atoms with Crippen molar-refractivity contribution in [3.05, 3.63) is 35.9 Å². The van der Waals surface area contributed by atoms with Gasteiger partial charge in [-0.05, 0) is 26.0 Å². The minimum Gasteiger partial charge on any atom is -0.461 e. The van der Waals surface area contributed by atoms with Crippen LogP contribution in [0.3, 0.4) is 0 Å². The van der Waals surface area contributed by atoms with Crippen LogP contribution in [-0.4, -0.2) is 35.1 Å². The van der Waals surface area contributed by atoms with Crippen LogP contribution in [0, 0.1) is 0 Å². The van der Waals surface area contributed by atoms with Crippen molar-refractivity contribution in [3.8, 4) is 0 Å².